The first-order valence-electron chi connectivity index (χ1n) is 5.88. The van der Waals surface area contributed by atoms with Crippen LogP contribution in [0.3, 0.4) is 0 Å². The average Bonchev–Trinajstić information content (AvgIpc) is 2.40. The highest BCUT2D eigenvalue weighted by molar-refractivity contribution is 7.90. The van der Waals surface area contributed by atoms with Crippen molar-refractivity contribution in [1.29, 1.82) is 0 Å². The highest BCUT2D eigenvalue weighted by Crippen LogP contribution is 2.28. The number of nitrogen functional groups attached to an aromatic ring is 1. The predicted molar refractivity (Wildman–Crippen MR) is 77.4 cm³/mol. The van der Waals surface area contributed by atoms with Gasteiger partial charge in [-0.1, -0.05) is 0 Å². The van der Waals surface area contributed by atoms with E-state index < -0.39 is 15.8 Å². The second kappa shape index (κ2) is 5.45. The van der Waals surface area contributed by atoms with Crippen LogP contribution < -0.4 is 10.5 Å². The van der Waals surface area contributed by atoms with Crippen LogP contribution in [0, 0.1) is 0 Å². The second-order valence-electron chi connectivity index (χ2n) is 4.40. The van der Waals surface area contributed by atoms with Gasteiger partial charge in [-0.15, -0.1) is 0 Å². The number of carbonyl (C=O) groups is 1. The van der Waals surface area contributed by atoms with E-state index in [0.717, 1.165) is 6.26 Å². The molecule has 2 rings (SSSR count). The molecule has 0 fully saturated rings. The van der Waals surface area contributed by atoms with Crippen LogP contribution in [0.4, 0.5) is 5.69 Å². The molecule has 6 nitrogen and oxygen atoms in total. The maximum atomic E-state index is 11.3. The average molecular weight is 307 g/mol. The van der Waals surface area contributed by atoms with Gasteiger partial charge in [0, 0.05) is 6.26 Å². The van der Waals surface area contributed by atoms with Crippen molar-refractivity contribution >= 4 is 21.5 Å². The fourth-order valence-electron chi connectivity index (χ4n) is 1.66. The molecule has 21 heavy (non-hydrogen) atoms. The standard InChI is InChI=1S/C14H13NO5S/c1-21(18,19)11-5-3-10(4-6-11)20-13-7-2-9(14(16)17)8-12(13)15/h2-8H,15H2,1H3,(H,16,17). The molecular weight excluding hydrogens is 294 g/mol. The first-order valence-corrected chi connectivity index (χ1v) is 7.77. The molecule has 0 heterocycles. The summed E-state index contributed by atoms with van der Waals surface area (Å²) in [5, 5.41) is 8.84. The number of rotatable bonds is 4. The van der Waals surface area contributed by atoms with Crippen LogP contribution in [0.2, 0.25) is 0 Å². The molecule has 7 heteroatoms. The summed E-state index contributed by atoms with van der Waals surface area (Å²) >= 11 is 0. The van der Waals surface area contributed by atoms with E-state index in [1.54, 1.807) is 0 Å². The molecule has 110 valence electrons. The molecule has 0 aliphatic carbocycles. The Balaban J connectivity index is 2.24. The van der Waals surface area contributed by atoms with E-state index in [0.29, 0.717) is 11.5 Å². The van der Waals surface area contributed by atoms with Gasteiger partial charge in [0.2, 0.25) is 0 Å². The van der Waals surface area contributed by atoms with E-state index >= 15 is 0 Å². The number of aromatic carboxylic acids is 1. The van der Waals surface area contributed by atoms with Crippen molar-refractivity contribution < 1.29 is 23.1 Å². The highest BCUT2D eigenvalue weighted by atomic mass is 32.2. The number of hydrogen-bond acceptors (Lipinski definition) is 5. The number of nitrogens with two attached hydrogens (primary N) is 1. The molecular formula is C14H13NO5S. The van der Waals surface area contributed by atoms with E-state index in [4.69, 9.17) is 15.6 Å². The Labute approximate surface area is 121 Å². The van der Waals surface area contributed by atoms with Crippen LogP contribution in [0.5, 0.6) is 11.5 Å². The molecule has 3 N–H and O–H groups in total. The summed E-state index contributed by atoms with van der Waals surface area (Å²) in [7, 11) is -3.26. The Bertz CT molecular complexity index is 782. The minimum absolute atomic E-state index is 0.0623. The lowest BCUT2D eigenvalue weighted by molar-refractivity contribution is 0.0697. The third-order valence-electron chi connectivity index (χ3n) is 2.74. The third kappa shape index (κ3) is 3.51. The van der Waals surface area contributed by atoms with Gasteiger partial charge >= 0.3 is 5.97 Å². The second-order valence-corrected chi connectivity index (χ2v) is 6.42. The van der Waals surface area contributed by atoms with E-state index in [-0.39, 0.29) is 16.1 Å². The Kier molecular flexibility index (Phi) is 3.86. The molecule has 0 atom stereocenters. The van der Waals surface area contributed by atoms with Crippen molar-refractivity contribution in [2.45, 2.75) is 4.90 Å². The number of sulfone groups is 1. The van der Waals surface area contributed by atoms with E-state index in [9.17, 15) is 13.2 Å². The van der Waals surface area contributed by atoms with E-state index in [1.807, 2.05) is 0 Å². The van der Waals surface area contributed by atoms with Crippen molar-refractivity contribution in [3.8, 4) is 11.5 Å². The third-order valence-corrected chi connectivity index (χ3v) is 3.86. The number of ether oxygens (including phenoxy) is 1. The summed E-state index contributed by atoms with van der Waals surface area (Å²) in [5.41, 5.74) is 5.97. The molecule has 0 amide bonds. The van der Waals surface area contributed by atoms with Crippen LogP contribution in [-0.2, 0) is 9.84 Å². The lowest BCUT2D eigenvalue weighted by Crippen LogP contribution is -2.00. The quantitative estimate of drug-likeness (QED) is 0.838. The van der Waals surface area contributed by atoms with Crippen LogP contribution in [0.15, 0.2) is 47.4 Å². The number of benzene rings is 2. The van der Waals surface area contributed by atoms with Crippen molar-refractivity contribution in [3.05, 3.63) is 48.0 Å². The predicted octanol–water partition coefficient (Wildman–Crippen LogP) is 2.16. The van der Waals surface area contributed by atoms with E-state index in [2.05, 4.69) is 0 Å². The number of anilines is 1. The molecule has 0 saturated carbocycles. The summed E-state index contributed by atoms with van der Waals surface area (Å²) < 4.78 is 28.2. The number of hydrogen-bond donors (Lipinski definition) is 2. The zero-order valence-electron chi connectivity index (χ0n) is 11.1. The van der Waals surface area contributed by atoms with Gasteiger partial charge in [0.15, 0.2) is 9.84 Å². The topological polar surface area (TPSA) is 107 Å². The molecule has 0 unspecified atom stereocenters. The Morgan fingerprint density at radius 2 is 1.76 bits per heavy atom. The summed E-state index contributed by atoms with van der Waals surface area (Å²) in [5.74, 6) is -0.380. The van der Waals surface area contributed by atoms with Crippen LogP contribution >= 0.6 is 0 Å². The monoisotopic (exact) mass is 307 g/mol. The summed E-state index contributed by atoms with van der Waals surface area (Å²) in [6, 6.07) is 9.96. The Morgan fingerprint density at radius 1 is 1.14 bits per heavy atom. The first kappa shape index (κ1) is 14.9. The normalized spacial score (nSPS) is 11.1. The Hall–Kier alpha value is -2.54. The van der Waals surface area contributed by atoms with Gasteiger partial charge in [0.25, 0.3) is 0 Å². The van der Waals surface area contributed by atoms with Gasteiger partial charge in [-0.3, -0.25) is 0 Å². The van der Waals surface area contributed by atoms with Crippen molar-refractivity contribution in [2.75, 3.05) is 12.0 Å². The lowest BCUT2D eigenvalue weighted by atomic mass is 10.2. The van der Waals surface area contributed by atoms with Crippen molar-refractivity contribution in [3.63, 3.8) is 0 Å². The smallest absolute Gasteiger partial charge is 0.335 e. The lowest BCUT2D eigenvalue weighted by Gasteiger charge is -2.09. The van der Waals surface area contributed by atoms with Crippen molar-refractivity contribution in [1.82, 2.24) is 0 Å². The molecule has 0 saturated heterocycles. The minimum atomic E-state index is -3.26. The van der Waals surface area contributed by atoms with E-state index in [1.165, 1.54) is 42.5 Å². The maximum absolute atomic E-state index is 11.3. The van der Waals surface area contributed by atoms with Crippen LogP contribution in [0.1, 0.15) is 10.4 Å². The van der Waals surface area contributed by atoms with Gasteiger partial charge in [0.1, 0.15) is 11.5 Å². The fourth-order valence-corrected chi connectivity index (χ4v) is 2.29. The SMILES string of the molecule is CS(=O)(=O)c1ccc(Oc2ccc(C(=O)O)cc2N)cc1. The summed E-state index contributed by atoms with van der Waals surface area (Å²) in [6.45, 7) is 0. The molecule has 2 aromatic rings. The molecule has 0 aromatic heterocycles. The van der Waals surface area contributed by atoms with Crippen molar-refractivity contribution in [2.24, 2.45) is 0 Å². The molecule has 0 spiro atoms. The maximum Gasteiger partial charge on any atom is 0.335 e. The van der Waals surface area contributed by atoms with Crippen LogP contribution in [-0.4, -0.2) is 25.7 Å². The zero-order chi connectivity index (χ0) is 15.6. The molecule has 2 aromatic carbocycles. The van der Waals surface area contributed by atoms with Gasteiger partial charge in [-0.05, 0) is 42.5 Å². The molecule has 0 aliphatic rings. The fraction of sp³-hybridized carbons (Fsp3) is 0.0714. The molecule has 0 radical (unpaired) electrons. The molecule has 0 bridgehead atoms. The largest absolute Gasteiger partial charge is 0.478 e. The first-order chi connectivity index (χ1) is 9.77. The Morgan fingerprint density at radius 3 is 2.24 bits per heavy atom. The number of carboxylic acids is 1. The van der Waals surface area contributed by atoms with Gasteiger partial charge in [0.05, 0.1) is 16.1 Å². The zero-order valence-corrected chi connectivity index (χ0v) is 11.9. The summed E-state index contributed by atoms with van der Waals surface area (Å²) in [6.07, 6.45) is 1.12. The highest BCUT2D eigenvalue weighted by Gasteiger charge is 2.09. The van der Waals surface area contributed by atoms with Crippen LogP contribution in [0.25, 0.3) is 0 Å². The summed E-state index contributed by atoms with van der Waals surface area (Å²) in [4.78, 5) is 11.0. The van der Waals surface area contributed by atoms with Gasteiger partial charge in [-0.2, -0.15) is 0 Å². The molecule has 0 aliphatic heterocycles. The van der Waals surface area contributed by atoms with Gasteiger partial charge in [-0.25, -0.2) is 13.2 Å². The number of carboxylic acid groups (broad SMARTS) is 1. The van der Waals surface area contributed by atoms with Gasteiger partial charge < -0.3 is 15.6 Å². The minimum Gasteiger partial charge on any atom is -0.478 e.